The van der Waals surface area contributed by atoms with E-state index in [0.717, 1.165) is 38.3 Å². The molecule has 1 saturated heterocycles. The molecule has 2 aromatic carbocycles. The van der Waals surface area contributed by atoms with Crippen molar-refractivity contribution in [3.63, 3.8) is 0 Å². The minimum Gasteiger partial charge on any atom is -0.459 e. The fourth-order valence-electron chi connectivity index (χ4n) is 3.60. The first-order chi connectivity index (χ1) is 13.8. The van der Waals surface area contributed by atoms with Crippen LogP contribution in [0.1, 0.15) is 21.7 Å². The SMILES string of the molecule is O=C(NCc1ccccc1CN1CCN(c2ccccc2)CC1)c1ccco1. The Kier molecular flexibility index (Phi) is 5.73. The summed E-state index contributed by atoms with van der Waals surface area (Å²) in [6.45, 7) is 5.52. The number of hydrogen-bond donors (Lipinski definition) is 1. The number of piperazine rings is 1. The monoisotopic (exact) mass is 375 g/mol. The van der Waals surface area contributed by atoms with Crippen LogP contribution in [0.4, 0.5) is 5.69 Å². The number of carbonyl (C=O) groups excluding carboxylic acids is 1. The maximum atomic E-state index is 12.1. The van der Waals surface area contributed by atoms with E-state index in [-0.39, 0.29) is 5.91 Å². The van der Waals surface area contributed by atoms with Gasteiger partial charge in [-0.05, 0) is 35.4 Å². The number of benzene rings is 2. The summed E-state index contributed by atoms with van der Waals surface area (Å²) in [6, 6.07) is 22.3. The molecule has 1 aliphatic heterocycles. The molecule has 3 aromatic rings. The molecule has 1 fully saturated rings. The highest BCUT2D eigenvalue weighted by Crippen LogP contribution is 2.18. The topological polar surface area (TPSA) is 48.7 Å². The number of hydrogen-bond acceptors (Lipinski definition) is 4. The molecule has 1 aromatic heterocycles. The molecule has 0 unspecified atom stereocenters. The lowest BCUT2D eigenvalue weighted by Crippen LogP contribution is -2.46. The Hall–Kier alpha value is -3.05. The van der Waals surface area contributed by atoms with Gasteiger partial charge in [-0.2, -0.15) is 0 Å². The molecule has 0 saturated carbocycles. The van der Waals surface area contributed by atoms with Crippen molar-refractivity contribution in [3.05, 3.63) is 89.9 Å². The highest BCUT2D eigenvalue weighted by Gasteiger charge is 2.18. The second-order valence-electron chi connectivity index (χ2n) is 7.03. The Morgan fingerprint density at radius 1 is 0.857 bits per heavy atom. The Morgan fingerprint density at radius 2 is 1.57 bits per heavy atom. The zero-order chi connectivity index (χ0) is 19.2. The van der Waals surface area contributed by atoms with Crippen molar-refractivity contribution < 1.29 is 9.21 Å². The van der Waals surface area contributed by atoms with Crippen LogP contribution in [-0.4, -0.2) is 37.0 Å². The minimum atomic E-state index is -0.184. The van der Waals surface area contributed by atoms with E-state index < -0.39 is 0 Å². The third kappa shape index (κ3) is 4.43. The van der Waals surface area contributed by atoms with Gasteiger partial charge in [0.15, 0.2) is 5.76 Å². The average molecular weight is 375 g/mol. The van der Waals surface area contributed by atoms with Crippen molar-refractivity contribution in [2.75, 3.05) is 31.1 Å². The van der Waals surface area contributed by atoms with Gasteiger partial charge in [0.2, 0.25) is 0 Å². The highest BCUT2D eigenvalue weighted by atomic mass is 16.3. The zero-order valence-corrected chi connectivity index (χ0v) is 15.9. The molecule has 2 heterocycles. The van der Waals surface area contributed by atoms with E-state index in [9.17, 15) is 4.79 Å². The maximum absolute atomic E-state index is 12.1. The lowest BCUT2D eigenvalue weighted by atomic mass is 10.1. The van der Waals surface area contributed by atoms with Crippen LogP contribution in [0.3, 0.4) is 0 Å². The summed E-state index contributed by atoms with van der Waals surface area (Å²) in [4.78, 5) is 17.0. The first kappa shape index (κ1) is 18.3. The smallest absolute Gasteiger partial charge is 0.287 e. The molecule has 5 nitrogen and oxygen atoms in total. The third-order valence-electron chi connectivity index (χ3n) is 5.19. The Labute approximate surface area is 165 Å². The van der Waals surface area contributed by atoms with E-state index in [1.807, 2.05) is 6.07 Å². The zero-order valence-electron chi connectivity index (χ0n) is 15.9. The van der Waals surface area contributed by atoms with Crippen molar-refractivity contribution in [2.45, 2.75) is 13.1 Å². The van der Waals surface area contributed by atoms with E-state index >= 15 is 0 Å². The van der Waals surface area contributed by atoms with E-state index in [0.29, 0.717) is 12.3 Å². The fraction of sp³-hybridized carbons (Fsp3) is 0.261. The number of nitrogens with zero attached hydrogens (tertiary/aromatic N) is 2. The van der Waals surface area contributed by atoms with Crippen LogP contribution >= 0.6 is 0 Å². The summed E-state index contributed by atoms with van der Waals surface area (Å²) in [5.74, 6) is 0.158. The van der Waals surface area contributed by atoms with Crippen molar-refractivity contribution in [3.8, 4) is 0 Å². The van der Waals surface area contributed by atoms with Crippen molar-refractivity contribution in [1.82, 2.24) is 10.2 Å². The van der Waals surface area contributed by atoms with Gasteiger partial charge in [0.1, 0.15) is 0 Å². The standard InChI is InChI=1S/C23H25N3O2/c27-23(22-11-6-16-28-22)24-17-19-7-4-5-8-20(19)18-25-12-14-26(15-13-25)21-9-2-1-3-10-21/h1-11,16H,12-15,17-18H2,(H,24,27). The van der Waals surface area contributed by atoms with Gasteiger partial charge in [-0.1, -0.05) is 42.5 Å². The van der Waals surface area contributed by atoms with Crippen molar-refractivity contribution in [1.29, 1.82) is 0 Å². The summed E-state index contributed by atoms with van der Waals surface area (Å²) < 4.78 is 5.16. The quantitative estimate of drug-likeness (QED) is 0.716. The second-order valence-corrected chi connectivity index (χ2v) is 7.03. The first-order valence-electron chi connectivity index (χ1n) is 9.70. The number of carbonyl (C=O) groups is 1. The number of anilines is 1. The van der Waals surface area contributed by atoms with E-state index in [2.05, 4.69) is 63.6 Å². The van der Waals surface area contributed by atoms with Gasteiger partial charge < -0.3 is 14.6 Å². The van der Waals surface area contributed by atoms with Gasteiger partial charge >= 0.3 is 0 Å². The van der Waals surface area contributed by atoms with Crippen LogP contribution in [0.5, 0.6) is 0 Å². The van der Waals surface area contributed by atoms with Crippen LogP contribution in [0, 0.1) is 0 Å². The fourth-order valence-corrected chi connectivity index (χ4v) is 3.60. The van der Waals surface area contributed by atoms with Gasteiger partial charge in [-0.3, -0.25) is 9.69 Å². The summed E-state index contributed by atoms with van der Waals surface area (Å²) >= 11 is 0. The summed E-state index contributed by atoms with van der Waals surface area (Å²) in [5.41, 5.74) is 3.70. The van der Waals surface area contributed by atoms with Gasteiger partial charge in [-0.15, -0.1) is 0 Å². The predicted molar refractivity (Wildman–Crippen MR) is 110 cm³/mol. The van der Waals surface area contributed by atoms with Crippen LogP contribution in [0.2, 0.25) is 0 Å². The molecule has 28 heavy (non-hydrogen) atoms. The van der Waals surface area contributed by atoms with E-state index in [1.165, 1.54) is 17.5 Å². The van der Waals surface area contributed by atoms with Crippen LogP contribution in [0.25, 0.3) is 0 Å². The largest absolute Gasteiger partial charge is 0.459 e. The van der Waals surface area contributed by atoms with Gasteiger partial charge in [-0.25, -0.2) is 0 Å². The first-order valence-corrected chi connectivity index (χ1v) is 9.70. The van der Waals surface area contributed by atoms with Gasteiger partial charge in [0.25, 0.3) is 5.91 Å². The summed E-state index contributed by atoms with van der Waals surface area (Å²) in [7, 11) is 0. The molecular weight excluding hydrogens is 350 g/mol. The van der Waals surface area contributed by atoms with Crippen molar-refractivity contribution in [2.24, 2.45) is 0 Å². The molecule has 0 atom stereocenters. The van der Waals surface area contributed by atoms with Crippen LogP contribution in [0.15, 0.2) is 77.4 Å². The van der Waals surface area contributed by atoms with Crippen LogP contribution < -0.4 is 10.2 Å². The minimum absolute atomic E-state index is 0.184. The molecule has 144 valence electrons. The molecule has 0 aliphatic carbocycles. The molecular formula is C23H25N3O2. The number of nitrogens with one attached hydrogen (secondary N) is 1. The maximum Gasteiger partial charge on any atom is 0.287 e. The lowest BCUT2D eigenvalue weighted by Gasteiger charge is -2.36. The van der Waals surface area contributed by atoms with Gasteiger partial charge in [0.05, 0.1) is 6.26 Å². The van der Waals surface area contributed by atoms with E-state index in [1.54, 1.807) is 12.1 Å². The Bertz CT molecular complexity index is 885. The molecule has 1 amide bonds. The molecule has 0 spiro atoms. The number of para-hydroxylation sites is 1. The molecule has 1 aliphatic rings. The normalized spacial score (nSPS) is 14.8. The highest BCUT2D eigenvalue weighted by molar-refractivity contribution is 5.91. The second kappa shape index (κ2) is 8.76. The number of amides is 1. The number of rotatable bonds is 6. The number of furan rings is 1. The Morgan fingerprint density at radius 3 is 2.29 bits per heavy atom. The molecule has 0 bridgehead atoms. The lowest BCUT2D eigenvalue weighted by molar-refractivity contribution is 0.0923. The molecule has 1 N–H and O–H groups in total. The van der Waals surface area contributed by atoms with Crippen LogP contribution in [-0.2, 0) is 13.1 Å². The van der Waals surface area contributed by atoms with E-state index in [4.69, 9.17) is 4.42 Å². The third-order valence-corrected chi connectivity index (χ3v) is 5.19. The summed E-state index contributed by atoms with van der Waals surface area (Å²) in [6.07, 6.45) is 1.51. The molecule has 4 rings (SSSR count). The van der Waals surface area contributed by atoms with Gasteiger partial charge in [0, 0.05) is 45.0 Å². The Balaban J connectivity index is 1.33. The summed E-state index contributed by atoms with van der Waals surface area (Å²) in [5, 5.41) is 2.95. The van der Waals surface area contributed by atoms with Crippen molar-refractivity contribution >= 4 is 11.6 Å². The molecule has 5 heteroatoms. The predicted octanol–water partition coefficient (Wildman–Crippen LogP) is 3.53. The molecule has 0 radical (unpaired) electrons. The average Bonchev–Trinajstić information content (AvgIpc) is 3.29.